The van der Waals surface area contributed by atoms with Crippen molar-refractivity contribution in [2.45, 2.75) is 17.9 Å². The van der Waals surface area contributed by atoms with Gasteiger partial charge in [-0.15, -0.1) is 0 Å². The van der Waals surface area contributed by atoms with E-state index in [1.807, 2.05) is 55.5 Å². The fourth-order valence-electron chi connectivity index (χ4n) is 3.56. The van der Waals surface area contributed by atoms with Crippen molar-refractivity contribution in [2.24, 2.45) is 0 Å². The maximum absolute atomic E-state index is 13.4. The number of hydrogen-bond donors (Lipinski definition) is 1. The number of anilines is 2. The van der Waals surface area contributed by atoms with Gasteiger partial charge in [-0.05, 0) is 48.9 Å². The maximum Gasteiger partial charge on any atom is 0.272 e. The number of nitrogens with zero attached hydrogens (tertiary/aromatic N) is 1. The summed E-state index contributed by atoms with van der Waals surface area (Å²) in [6, 6.07) is 18.2. The van der Waals surface area contributed by atoms with Gasteiger partial charge in [0.05, 0.1) is 22.4 Å². The van der Waals surface area contributed by atoms with Crippen LogP contribution in [0.4, 0.5) is 11.4 Å². The summed E-state index contributed by atoms with van der Waals surface area (Å²) in [7, 11) is 0. The third-order valence-corrected chi connectivity index (χ3v) is 6.03. The van der Waals surface area contributed by atoms with Crippen LogP contribution in [0.2, 0.25) is 0 Å². The first-order valence-corrected chi connectivity index (χ1v) is 9.71. The van der Waals surface area contributed by atoms with Crippen molar-refractivity contribution in [2.75, 3.05) is 10.2 Å². The zero-order chi connectivity index (χ0) is 19.3. The highest BCUT2D eigenvalue weighted by Gasteiger charge is 2.45. The lowest BCUT2D eigenvalue weighted by Crippen LogP contribution is -2.33. The number of para-hydroxylation sites is 1. The zero-order valence-electron chi connectivity index (χ0n) is 15.0. The Labute approximate surface area is 166 Å². The van der Waals surface area contributed by atoms with Gasteiger partial charge in [-0.25, -0.2) is 4.90 Å². The van der Waals surface area contributed by atoms with Gasteiger partial charge in [-0.1, -0.05) is 36.0 Å². The second-order valence-corrected chi connectivity index (χ2v) is 7.77. The van der Waals surface area contributed by atoms with Crippen molar-refractivity contribution in [3.8, 4) is 0 Å². The molecule has 0 unspecified atom stereocenters. The van der Waals surface area contributed by atoms with E-state index in [0.717, 1.165) is 16.1 Å². The molecule has 5 rings (SSSR count). The smallest absolute Gasteiger partial charge is 0.272 e. The molecule has 2 aromatic carbocycles. The third-order valence-electron chi connectivity index (χ3n) is 4.85. The number of carbonyl (C=O) groups is 2. The van der Waals surface area contributed by atoms with Crippen LogP contribution in [0.1, 0.15) is 17.4 Å². The van der Waals surface area contributed by atoms with Crippen LogP contribution in [0.5, 0.6) is 0 Å². The Morgan fingerprint density at radius 1 is 1.00 bits per heavy atom. The molecule has 0 radical (unpaired) electrons. The van der Waals surface area contributed by atoms with Gasteiger partial charge >= 0.3 is 0 Å². The largest absolute Gasteiger partial charge is 0.467 e. The highest BCUT2D eigenvalue weighted by Crippen LogP contribution is 2.48. The van der Waals surface area contributed by atoms with Crippen molar-refractivity contribution in [3.63, 3.8) is 0 Å². The van der Waals surface area contributed by atoms with Crippen LogP contribution in [0, 0.1) is 6.92 Å². The Balaban J connectivity index is 1.66. The van der Waals surface area contributed by atoms with Crippen LogP contribution in [-0.4, -0.2) is 11.8 Å². The molecule has 2 amide bonds. The molecule has 138 valence electrons. The van der Waals surface area contributed by atoms with E-state index >= 15 is 0 Å². The molecule has 0 aliphatic carbocycles. The second-order valence-electron chi connectivity index (χ2n) is 6.72. The summed E-state index contributed by atoms with van der Waals surface area (Å²) in [5, 5.41) is 3.40. The van der Waals surface area contributed by atoms with Crippen molar-refractivity contribution in [1.29, 1.82) is 0 Å². The van der Waals surface area contributed by atoms with Gasteiger partial charge in [0.25, 0.3) is 11.8 Å². The Morgan fingerprint density at radius 2 is 1.86 bits per heavy atom. The summed E-state index contributed by atoms with van der Waals surface area (Å²) in [5.74, 6) is -0.0255. The van der Waals surface area contributed by atoms with E-state index < -0.39 is 6.04 Å². The number of aryl methyl sites for hydroxylation is 1. The van der Waals surface area contributed by atoms with Crippen LogP contribution >= 0.6 is 11.8 Å². The number of amides is 2. The molecule has 0 spiro atoms. The lowest BCUT2D eigenvalue weighted by atomic mass is 10.0. The number of benzene rings is 2. The van der Waals surface area contributed by atoms with Gasteiger partial charge in [-0.2, -0.15) is 0 Å². The van der Waals surface area contributed by atoms with Gasteiger partial charge in [-0.3, -0.25) is 9.59 Å². The minimum Gasteiger partial charge on any atom is -0.467 e. The molecule has 3 aromatic rings. The minimum atomic E-state index is -0.535. The summed E-state index contributed by atoms with van der Waals surface area (Å²) in [5.41, 5.74) is 2.85. The second kappa shape index (κ2) is 6.42. The van der Waals surface area contributed by atoms with E-state index in [1.165, 1.54) is 16.7 Å². The first kappa shape index (κ1) is 16.9. The van der Waals surface area contributed by atoms with Crippen LogP contribution in [0.15, 0.2) is 86.7 Å². The van der Waals surface area contributed by atoms with E-state index in [-0.39, 0.29) is 11.8 Å². The predicted octanol–water partition coefficient (Wildman–Crippen LogP) is 4.67. The van der Waals surface area contributed by atoms with Gasteiger partial charge in [0, 0.05) is 10.6 Å². The van der Waals surface area contributed by atoms with E-state index in [0.29, 0.717) is 21.9 Å². The molecule has 1 N–H and O–H groups in total. The Kier molecular flexibility index (Phi) is 3.87. The molecule has 1 aromatic heterocycles. The van der Waals surface area contributed by atoms with Crippen molar-refractivity contribution in [1.82, 2.24) is 0 Å². The maximum atomic E-state index is 13.4. The monoisotopic (exact) mass is 388 g/mol. The van der Waals surface area contributed by atoms with Crippen LogP contribution < -0.4 is 10.2 Å². The highest BCUT2D eigenvalue weighted by atomic mass is 32.2. The highest BCUT2D eigenvalue weighted by molar-refractivity contribution is 8.04. The van der Waals surface area contributed by atoms with Gasteiger partial charge in [0.2, 0.25) is 0 Å². The number of imide groups is 1. The van der Waals surface area contributed by atoms with Crippen molar-refractivity contribution < 1.29 is 14.0 Å². The standard InChI is InChI=1S/C22H16N2O3S/c1-13-6-4-7-14(12-13)24-21(25)18-19(16-9-5-11-27-16)23-15-8-2-3-10-17(15)28-20(18)22(24)26/h2-12,19,23H,1H3/t19-/m0/s1. The number of rotatable bonds is 2. The molecule has 28 heavy (non-hydrogen) atoms. The molecule has 5 nitrogen and oxygen atoms in total. The van der Waals surface area contributed by atoms with E-state index in [2.05, 4.69) is 5.32 Å². The predicted molar refractivity (Wildman–Crippen MR) is 108 cm³/mol. The average molecular weight is 388 g/mol. The first-order valence-electron chi connectivity index (χ1n) is 8.90. The number of furan rings is 1. The molecule has 2 aliphatic heterocycles. The fourth-order valence-corrected chi connectivity index (χ4v) is 4.66. The molecular weight excluding hydrogens is 372 g/mol. The zero-order valence-corrected chi connectivity index (χ0v) is 15.8. The number of thioether (sulfide) groups is 1. The quantitative estimate of drug-likeness (QED) is 0.646. The normalized spacial score (nSPS) is 18.6. The van der Waals surface area contributed by atoms with E-state index in [4.69, 9.17) is 4.42 Å². The molecule has 6 heteroatoms. The fraction of sp³-hybridized carbons (Fsp3) is 0.0909. The van der Waals surface area contributed by atoms with E-state index in [9.17, 15) is 9.59 Å². The molecule has 0 fully saturated rings. The molecule has 1 atom stereocenters. The van der Waals surface area contributed by atoms with Crippen LogP contribution in [0.25, 0.3) is 0 Å². The summed E-state index contributed by atoms with van der Waals surface area (Å²) in [6.07, 6.45) is 1.57. The molecule has 3 heterocycles. The third kappa shape index (κ3) is 2.57. The van der Waals surface area contributed by atoms with Gasteiger partial charge in [0.15, 0.2) is 0 Å². The number of carbonyl (C=O) groups excluding carboxylic acids is 2. The summed E-state index contributed by atoms with van der Waals surface area (Å²) >= 11 is 1.33. The molecule has 0 saturated heterocycles. The van der Waals surface area contributed by atoms with Crippen molar-refractivity contribution in [3.05, 3.63) is 88.7 Å². The molecular formula is C22H16N2O3S. The first-order chi connectivity index (χ1) is 13.6. The summed E-state index contributed by atoms with van der Waals surface area (Å²) < 4.78 is 5.61. The number of nitrogens with one attached hydrogen (secondary N) is 1. The minimum absolute atomic E-state index is 0.300. The topological polar surface area (TPSA) is 62.6 Å². The summed E-state index contributed by atoms with van der Waals surface area (Å²) in [4.78, 5) is 29.3. The lowest BCUT2D eigenvalue weighted by molar-refractivity contribution is -0.120. The molecule has 0 bridgehead atoms. The Bertz CT molecular complexity index is 1130. The molecule has 2 aliphatic rings. The average Bonchev–Trinajstić information content (AvgIpc) is 3.24. The Morgan fingerprint density at radius 3 is 2.64 bits per heavy atom. The lowest BCUT2D eigenvalue weighted by Gasteiger charge is -2.21. The van der Waals surface area contributed by atoms with Gasteiger partial charge < -0.3 is 9.73 Å². The molecule has 0 saturated carbocycles. The SMILES string of the molecule is Cc1cccc(N2C(=O)C3=C(C2=O)[C@H](c2ccco2)Nc2ccccc2S3)c1. The Hall–Kier alpha value is -3.25. The van der Waals surface area contributed by atoms with Gasteiger partial charge in [0.1, 0.15) is 11.8 Å². The van der Waals surface area contributed by atoms with Crippen molar-refractivity contribution >= 4 is 35.0 Å². The summed E-state index contributed by atoms with van der Waals surface area (Å²) in [6.45, 7) is 1.94. The van der Waals surface area contributed by atoms with Crippen LogP contribution in [0.3, 0.4) is 0 Å². The van der Waals surface area contributed by atoms with Crippen LogP contribution in [-0.2, 0) is 9.59 Å². The number of fused-ring (bicyclic) bond motifs is 1. The van der Waals surface area contributed by atoms with E-state index in [1.54, 1.807) is 18.4 Å². The number of hydrogen-bond acceptors (Lipinski definition) is 5.